The third kappa shape index (κ3) is 2.83. The average molecular weight is 409 g/mol. The summed E-state index contributed by atoms with van der Waals surface area (Å²) in [5.74, 6) is -0.493. The molecule has 1 aliphatic heterocycles. The average Bonchev–Trinajstić information content (AvgIpc) is 3.15. The standard InChI is InChI=1S/C18H18ClFN4O4/c1-18(27)13(26)17(24-5-4-10-15(21)22-7-23-16(10)24)28-14(18)12(25)9-3-2-8(19)6-11(9)20/h2-7,12-14,17,25-27H,1H3,(H2,21,22,23)/t12-,13+,14-,17-,18+/m1/s1. The van der Waals surface area contributed by atoms with Crippen molar-refractivity contribution < 1.29 is 24.4 Å². The van der Waals surface area contributed by atoms with Crippen molar-refractivity contribution in [3.8, 4) is 0 Å². The highest BCUT2D eigenvalue weighted by Gasteiger charge is 2.56. The van der Waals surface area contributed by atoms with Gasteiger partial charge in [0.15, 0.2) is 6.23 Å². The van der Waals surface area contributed by atoms with Crippen molar-refractivity contribution >= 4 is 28.5 Å². The van der Waals surface area contributed by atoms with Crippen LogP contribution in [0.3, 0.4) is 0 Å². The summed E-state index contributed by atoms with van der Waals surface area (Å²) in [6, 6.07) is 5.43. The van der Waals surface area contributed by atoms with Crippen LogP contribution in [0.4, 0.5) is 10.2 Å². The molecule has 3 heterocycles. The number of hydrogen-bond donors (Lipinski definition) is 4. The first kappa shape index (κ1) is 19.0. The van der Waals surface area contributed by atoms with Gasteiger partial charge in [0.05, 0.1) is 5.39 Å². The highest BCUT2D eigenvalue weighted by molar-refractivity contribution is 6.30. The summed E-state index contributed by atoms with van der Waals surface area (Å²) in [6.45, 7) is 1.31. The van der Waals surface area contributed by atoms with E-state index in [1.165, 1.54) is 30.0 Å². The van der Waals surface area contributed by atoms with E-state index in [0.29, 0.717) is 11.0 Å². The van der Waals surface area contributed by atoms with Crippen molar-refractivity contribution in [1.29, 1.82) is 0 Å². The van der Waals surface area contributed by atoms with E-state index in [9.17, 15) is 19.7 Å². The zero-order chi connectivity index (χ0) is 20.2. The number of ether oxygens (including phenoxy) is 1. The Morgan fingerprint density at radius 1 is 1.36 bits per heavy atom. The number of aliphatic hydroxyl groups excluding tert-OH is 2. The summed E-state index contributed by atoms with van der Waals surface area (Å²) in [4.78, 5) is 8.05. The van der Waals surface area contributed by atoms with Gasteiger partial charge in [-0.25, -0.2) is 14.4 Å². The fourth-order valence-electron chi connectivity index (χ4n) is 3.53. The Hall–Kier alpha value is -2.30. The van der Waals surface area contributed by atoms with Gasteiger partial charge in [-0.15, -0.1) is 0 Å². The molecule has 0 aliphatic carbocycles. The van der Waals surface area contributed by atoms with Crippen molar-refractivity contribution in [2.45, 2.75) is 37.1 Å². The van der Waals surface area contributed by atoms with E-state index in [1.807, 2.05) is 0 Å². The molecule has 1 aliphatic rings. The van der Waals surface area contributed by atoms with Crippen LogP contribution in [0.5, 0.6) is 0 Å². The van der Waals surface area contributed by atoms with Crippen LogP contribution in [-0.4, -0.2) is 47.7 Å². The van der Waals surface area contributed by atoms with Gasteiger partial charge >= 0.3 is 0 Å². The molecule has 10 heteroatoms. The Kier molecular flexibility index (Phi) is 4.52. The summed E-state index contributed by atoms with van der Waals surface area (Å²) >= 11 is 5.75. The number of hydrogen-bond acceptors (Lipinski definition) is 7. The first-order valence-corrected chi connectivity index (χ1v) is 8.85. The van der Waals surface area contributed by atoms with E-state index < -0.39 is 36.0 Å². The third-order valence-corrected chi connectivity index (χ3v) is 5.35. The fourth-order valence-corrected chi connectivity index (χ4v) is 3.69. The van der Waals surface area contributed by atoms with Gasteiger partial charge in [-0.3, -0.25) is 0 Å². The molecule has 0 radical (unpaired) electrons. The topological polar surface area (TPSA) is 127 Å². The van der Waals surface area contributed by atoms with Crippen molar-refractivity contribution in [2.24, 2.45) is 0 Å². The lowest BCUT2D eigenvalue weighted by molar-refractivity contribution is -0.115. The number of aliphatic hydroxyl groups is 3. The van der Waals surface area contributed by atoms with Crippen LogP contribution in [0.25, 0.3) is 11.0 Å². The molecule has 1 aromatic carbocycles. The first-order valence-electron chi connectivity index (χ1n) is 8.47. The van der Waals surface area contributed by atoms with E-state index in [-0.39, 0.29) is 16.4 Å². The lowest BCUT2D eigenvalue weighted by Crippen LogP contribution is -2.47. The molecular formula is C18H18ClFN4O4. The molecule has 3 aromatic rings. The molecule has 8 nitrogen and oxygen atoms in total. The maximum absolute atomic E-state index is 14.2. The van der Waals surface area contributed by atoms with Crippen LogP contribution in [-0.2, 0) is 4.74 Å². The van der Waals surface area contributed by atoms with E-state index in [1.54, 1.807) is 12.3 Å². The zero-order valence-corrected chi connectivity index (χ0v) is 15.5. The van der Waals surface area contributed by atoms with Crippen LogP contribution >= 0.6 is 11.6 Å². The molecular weight excluding hydrogens is 391 g/mol. The maximum atomic E-state index is 14.2. The summed E-state index contributed by atoms with van der Waals surface area (Å²) in [5.41, 5.74) is 4.23. The maximum Gasteiger partial charge on any atom is 0.164 e. The second-order valence-corrected chi connectivity index (χ2v) is 7.38. The van der Waals surface area contributed by atoms with Crippen molar-refractivity contribution in [2.75, 3.05) is 5.73 Å². The summed E-state index contributed by atoms with van der Waals surface area (Å²) in [6.07, 6.45) is -2.54. The van der Waals surface area contributed by atoms with E-state index in [4.69, 9.17) is 22.1 Å². The monoisotopic (exact) mass is 408 g/mol. The second kappa shape index (κ2) is 6.64. The molecule has 2 aromatic heterocycles. The minimum atomic E-state index is -1.88. The zero-order valence-electron chi connectivity index (χ0n) is 14.7. The molecule has 5 atom stereocenters. The number of benzene rings is 1. The lowest BCUT2D eigenvalue weighted by Gasteiger charge is -2.29. The highest BCUT2D eigenvalue weighted by atomic mass is 35.5. The Morgan fingerprint density at radius 2 is 2.11 bits per heavy atom. The minimum Gasteiger partial charge on any atom is -0.385 e. The second-order valence-electron chi connectivity index (χ2n) is 6.95. The van der Waals surface area contributed by atoms with Gasteiger partial charge in [0.1, 0.15) is 47.5 Å². The van der Waals surface area contributed by atoms with E-state index in [2.05, 4.69) is 9.97 Å². The third-order valence-electron chi connectivity index (χ3n) is 5.11. The molecule has 1 saturated heterocycles. The van der Waals surface area contributed by atoms with Crippen molar-refractivity contribution in [3.05, 3.63) is 53.2 Å². The number of nitrogens with zero attached hydrogens (tertiary/aromatic N) is 3. The van der Waals surface area contributed by atoms with Gasteiger partial charge in [0.2, 0.25) is 0 Å². The van der Waals surface area contributed by atoms with Gasteiger partial charge in [-0.05, 0) is 25.1 Å². The molecule has 0 saturated carbocycles. The van der Waals surface area contributed by atoms with E-state index >= 15 is 0 Å². The van der Waals surface area contributed by atoms with Crippen LogP contribution in [0.2, 0.25) is 5.02 Å². The quantitative estimate of drug-likeness (QED) is 0.517. The van der Waals surface area contributed by atoms with Gasteiger partial charge < -0.3 is 30.4 Å². The molecule has 0 spiro atoms. The molecule has 0 unspecified atom stereocenters. The Labute approximate surface area is 164 Å². The number of aromatic nitrogens is 3. The number of fused-ring (bicyclic) bond motifs is 1. The molecule has 1 fully saturated rings. The van der Waals surface area contributed by atoms with Crippen LogP contribution in [0.15, 0.2) is 36.8 Å². The van der Waals surface area contributed by atoms with Crippen LogP contribution in [0, 0.1) is 5.82 Å². The summed E-state index contributed by atoms with van der Waals surface area (Å²) < 4.78 is 21.5. The summed E-state index contributed by atoms with van der Waals surface area (Å²) in [5, 5.41) is 32.9. The molecule has 0 bridgehead atoms. The van der Waals surface area contributed by atoms with Gasteiger partial charge in [-0.1, -0.05) is 17.7 Å². The minimum absolute atomic E-state index is 0.105. The summed E-state index contributed by atoms with van der Waals surface area (Å²) in [7, 11) is 0. The fraction of sp³-hybridized carbons (Fsp3) is 0.333. The molecule has 0 amide bonds. The molecule has 4 rings (SSSR count). The Bertz CT molecular complexity index is 1040. The Balaban J connectivity index is 1.72. The van der Waals surface area contributed by atoms with Gasteiger partial charge in [0, 0.05) is 16.8 Å². The van der Waals surface area contributed by atoms with E-state index in [0.717, 1.165) is 6.07 Å². The molecule has 5 N–H and O–H groups in total. The number of nitrogens with two attached hydrogens (primary N) is 1. The molecule has 148 valence electrons. The smallest absolute Gasteiger partial charge is 0.164 e. The lowest BCUT2D eigenvalue weighted by atomic mass is 9.88. The molecule has 28 heavy (non-hydrogen) atoms. The predicted molar refractivity (Wildman–Crippen MR) is 98.9 cm³/mol. The SMILES string of the molecule is C[C@@]1(O)[C@@H]([C@H](O)c2ccc(Cl)cc2F)O[C@@H](n2ccc3c(N)ncnc32)[C@@H]1O. The van der Waals surface area contributed by atoms with Crippen molar-refractivity contribution in [3.63, 3.8) is 0 Å². The van der Waals surface area contributed by atoms with Gasteiger partial charge in [0.25, 0.3) is 0 Å². The normalized spacial score (nSPS) is 28.7. The number of nitrogen functional groups attached to an aromatic ring is 1. The Morgan fingerprint density at radius 3 is 2.82 bits per heavy atom. The number of halogens is 2. The highest BCUT2D eigenvalue weighted by Crippen LogP contribution is 2.44. The van der Waals surface area contributed by atoms with Crippen LogP contribution in [0.1, 0.15) is 24.8 Å². The van der Waals surface area contributed by atoms with Crippen LogP contribution < -0.4 is 5.73 Å². The predicted octanol–water partition coefficient (Wildman–Crippen LogP) is 1.55. The van der Waals surface area contributed by atoms with Crippen molar-refractivity contribution in [1.82, 2.24) is 14.5 Å². The largest absolute Gasteiger partial charge is 0.385 e. The number of rotatable bonds is 3. The van der Waals surface area contributed by atoms with Gasteiger partial charge in [-0.2, -0.15) is 0 Å². The first-order chi connectivity index (χ1) is 13.2. The number of anilines is 1.